The van der Waals surface area contributed by atoms with Gasteiger partial charge in [0.15, 0.2) is 0 Å². The van der Waals surface area contributed by atoms with Crippen molar-refractivity contribution in [3.8, 4) is 0 Å². The average molecular weight is 210 g/mol. The van der Waals surface area contributed by atoms with E-state index in [9.17, 15) is 10.0 Å². The third-order valence-electron chi connectivity index (χ3n) is 2.34. The van der Waals surface area contributed by atoms with Crippen molar-refractivity contribution in [2.45, 2.75) is 20.8 Å². The lowest BCUT2D eigenvalue weighted by molar-refractivity contribution is 0.166. The molecule has 1 N–H and O–H groups in total. The van der Waals surface area contributed by atoms with Crippen LogP contribution in [0, 0.1) is 20.8 Å². The van der Waals surface area contributed by atoms with E-state index in [1.807, 2.05) is 13.8 Å². The molecule has 4 nitrogen and oxygen atoms in total. The van der Waals surface area contributed by atoms with E-state index >= 15 is 0 Å². The predicted molar refractivity (Wildman–Crippen MR) is 55.3 cm³/mol. The SMILES string of the molecule is Cc1sc2nc(C)n(O)c(=O)c2c1C. The van der Waals surface area contributed by atoms with Gasteiger partial charge in [0.05, 0.1) is 5.39 Å². The molecule has 14 heavy (non-hydrogen) atoms. The van der Waals surface area contributed by atoms with E-state index < -0.39 is 0 Å². The van der Waals surface area contributed by atoms with Gasteiger partial charge in [0.1, 0.15) is 10.7 Å². The van der Waals surface area contributed by atoms with Crippen LogP contribution in [0.3, 0.4) is 0 Å². The number of aromatic nitrogens is 2. The molecule has 0 unspecified atom stereocenters. The van der Waals surface area contributed by atoms with Crippen LogP contribution in [-0.2, 0) is 0 Å². The number of rotatable bonds is 0. The highest BCUT2D eigenvalue weighted by atomic mass is 32.1. The van der Waals surface area contributed by atoms with Crippen LogP contribution >= 0.6 is 11.3 Å². The molecule has 0 saturated heterocycles. The van der Waals surface area contributed by atoms with Crippen LogP contribution in [0.2, 0.25) is 0 Å². The van der Waals surface area contributed by atoms with Crippen LogP contribution in [0.25, 0.3) is 10.2 Å². The standard InChI is InChI=1S/C9H10N2O2S/c1-4-5(2)14-8-7(4)9(12)11(13)6(3)10-8/h13H,1-3H3. The fourth-order valence-corrected chi connectivity index (χ4v) is 2.45. The first-order valence-corrected chi connectivity index (χ1v) is 5.02. The molecule has 5 heteroatoms. The highest BCUT2D eigenvalue weighted by molar-refractivity contribution is 7.18. The molecule has 0 amide bonds. The molecule has 0 radical (unpaired) electrons. The first kappa shape index (κ1) is 9.21. The number of fused-ring (bicyclic) bond motifs is 1. The van der Waals surface area contributed by atoms with Gasteiger partial charge < -0.3 is 5.21 Å². The second-order valence-corrected chi connectivity index (χ2v) is 4.44. The summed E-state index contributed by atoms with van der Waals surface area (Å²) in [5.74, 6) is 0.323. The van der Waals surface area contributed by atoms with E-state index in [-0.39, 0.29) is 5.56 Å². The van der Waals surface area contributed by atoms with Crippen molar-refractivity contribution >= 4 is 21.6 Å². The predicted octanol–water partition coefficient (Wildman–Crippen LogP) is 1.62. The maximum Gasteiger partial charge on any atom is 0.295 e. The monoisotopic (exact) mass is 210 g/mol. The fourth-order valence-electron chi connectivity index (χ4n) is 1.39. The quantitative estimate of drug-likeness (QED) is 0.672. The smallest absolute Gasteiger partial charge is 0.295 e. The Morgan fingerprint density at radius 3 is 2.64 bits per heavy atom. The normalized spacial score (nSPS) is 11.1. The second-order valence-electron chi connectivity index (χ2n) is 3.24. The van der Waals surface area contributed by atoms with Crippen molar-refractivity contribution in [2.24, 2.45) is 0 Å². The molecule has 2 aromatic rings. The van der Waals surface area contributed by atoms with Crippen molar-refractivity contribution < 1.29 is 5.21 Å². The van der Waals surface area contributed by atoms with Gasteiger partial charge in [-0.2, -0.15) is 0 Å². The third kappa shape index (κ3) is 1.05. The summed E-state index contributed by atoms with van der Waals surface area (Å²) in [6.45, 7) is 5.41. The van der Waals surface area contributed by atoms with Gasteiger partial charge in [0.2, 0.25) is 0 Å². The molecule has 0 aliphatic heterocycles. The Labute approximate surface area is 84.4 Å². The van der Waals surface area contributed by atoms with Crippen molar-refractivity contribution in [3.63, 3.8) is 0 Å². The second kappa shape index (κ2) is 2.81. The van der Waals surface area contributed by atoms with Crippen molar-refractivity contribution in [1.82, 2.24) is 9.71 Å². The van der Waals surface area contributed by atoms with Gasteiger partial charge in [0.25, 0.3) is 5.56 Å². The lowest BCUT2D eigenvalue weighted by atomic mass is 10.2. The molecule has 2 heterocycles. The lowest BCUT2D eigenvalue weighted by Crippen LogP contribution is -2.21. The molecule has 0 bridgehead atoms. The first-order valence-electron chi connectivity index (χ1n) is 4.21. The Hall–Kier alpha value is -1.36. The van der Waals surface area contributed by atoms with E-state index in [2.05, 4.69) is 4.98 Å². The van der Waals surface area contributed by atoms with Crippen molar-refractivity contribution in [2.75, 3.05) is 0 Å². The van der Waals surface area contributed by atoms with E-state index in [1.165, 1.54) is 11.3 Å². The highest BCUT2D eigenvalue weighted by Gasteiger charge is 2.13. The molecule has 74 valence electrons. The molecule has 0 saturated carbocycles. The van der Waals surface area contributed by atoms with Crippen LogP contribution in [0.15, 0.2) is 4.79 Å². The van der Waals surface area contributed by atoms with Gasteiger partial charge in [-0.1, -0.05) is 0 Å². The largest absolute Gasteiger partial charge is 0.424 e. The lowest BCUT2D eigenvalue weighted by Gasteiger charge is -1.99. The Bertz CT molecular complexity index is 568. The van der Waals surface area contributed by atoms with E-state index in [1.54, 1.807) is 6.92 Å². The summed E-state index contributed by atoms with van der Waals surface area (Å²) < 4.78 is 0.599. The summed E-state index contributed by atoms with van der Waals surface area (Å²) in [5.41, 5.74) is 0.527. The summed E-state index contributed by atoms with van der Waals surface area (Å²) in [7, 11) is 0. The number of hydrogen-bond donors (Lipinski definition) is 1. The zero-order chi connectivity index (χ0) is 10.5. The summed E-state index contributed by atoms with van der Waals surface area (Å²) in [6, 6.07) is 0. The minimum atomic E-state index is -0.380. The minimum absolute atomic E-state index is 0.323. The van der Waals surface area contributed by atoms with Crippen LogP contribution in [0.5, 0.6) is 0 Å². The Morgan fingerprint density at radius 1 is 1.36 bits per heavy atom. The van der Waals surface area contributed by atoms with Crippen LogP contribution < -0.4 is 5.56 Å². The fraction of sp³-hybridized carbons (Fsp3) is 0.333. The van der Waals surface area contributed by atoms with Crippen LogP contribution in [0.1, 0.15) is 16.3 Å². The molecule has 0 aliphatic rings. The molecule has 2 aromatic heterocycles. The third-order valence-corrected chi connectivity index (χ3v) is 3.44. The number of nitrogens with zero attached hydrogens (tertiary/aromatic N) is 2. The molecule has 0 spiro atoms. The molecular weight excluding hydrogens is 200 g/mol. The summed E-state index contributed by atoms with van der Waals surface area (Å²) in [5, 5.41) is 9.91. The maximum absolute atomic E-state index is 11.7. The van der Waals surface area contributed by atoms with Gasteiger partial charge in [0, 0.05) is 4.88 Å². The topological polar surface area (TPSA) is 55.1 Å². The molecule has 2 rings (SSSR count). The van der Waals surface area contributed by atoms with Crippen LogP contribution in [0.4, 0.5) is 0 Å². The number of thiophene rings is 1. The van der Waals surface area contributed by atoms with Gasteiger partial charge >= 0.3 is 0 Å². The van der Waals surface area contributed by atoms with Gasteiger partial charge in [-0.25, -0.2) is 4.98 Å². The van der Waals surface area contributed by atoms with Gasteiger partial charge in [-0.15, -0.1) is 16.1 Å². The Balaban J connectivity index is 3.07. The molecule has 0 fully saturated rings. The molecule has 0 atom stereocenters. The summed E-state index contributed by atoms with van der Waals surface area (Å²) >= 11 is 1.48. The molecule has 0 aliphatic carbocycles. The van der Waals surface area contributed by atoms with Crippen molar-refractivity contribution in [3.05, 3.63) is 26.6 Å². The molecule has 0 aromatic carbocycles. The Morgan fingerprint density at radius 2 is 2.00 bits per heavy atom. The van der Waals surface area contributed by atoms with E-state index in [0.717, 1.165) is 10.4 Å². The number of aryl methyl sites for hydroxylation is 3. The maximum atomic E-state index is 11.7. The summed E-state index contributed by atoms with van der Waals surface area (Å²) in [4.78, 5) is 17.6. The molecular formula is C9H10N2O2S. The summed E-state index contributed by atoms with van der Waals surface area (Å²) in [6.07, 6.45) is 0. The zero-order valence-electron chi connectivity index (χ0n) is 8.16. The van der Waals surface area contributed by atoms with Crippen LogP contribution in [-0.4, -0.2) is 14.9 Å². The highest BCUT2D eigenvalue weighted by Crippen LogP contribution is 2.25. The zero-order valence-corrected chi connectivity index (χ0v) is 8.97. The van der Waals surface area contributed by atoms with Crippen molar-refractivity contribution in [1.29, 1.82) is 0 Å². The Kier molecular flexibility index (Phi) is 1.85. The van der Waals surface area contributed by atoms with Gasteiger partial charge in [-0.05, 0) is 26.3 Å². The van der Waals surface area contributed by atoms with E-state index in [4.69, 9.17) is 0 Å². The first-order chi connectivity index (χ1) is 6.52. The van der Waals surface area contributed by atoms with Gasteiger partial charge in [-0.3, -0.25) is 4.79 Å². The minimum Gasteiger partial charge on any atom is -0.424 e. The van der Waals surface area contributed by atoms with E-state index in [0.29, 0.717) is 20.8 Å². The average Bonchev–Trinajstić information content (AvgIpc) is 2.39. The number of hydrogen-bond acceptors (Lipinski definition) is 4.